The number of hydrogen-bond donors (Lipinski definition) is 0. The number of aromatic nitrogens is 1. The molecule has 0 saturated carbocycles. The number of thiazole rings is 1. The van der Waals surface area contributed by atoms with Crippen LogP contribution in [0.2, 0.25) is 0 Å². The maximum absolute atomic E-state index is 13.2. The monoisotopic (exact) mass is 538 g/mol. The van der Waals surface area contributed by atoms with Crippen LogP contribution in [0, 0.1) is 10.1 Å². The molecule has 5 aromatic rings. The van der Waals surface area contributed by atoms with Gasteiger partial charge in [-0.1, -0.05) is 39.4 Å². The molecule has 0 atom stereocenters. The number of hydrazone groups is 1. The normalized spacial score (nSPS) is 11.4. The molecule has 168 valence electrons. The Morgan fingerprint density at radius 1 is 1.21 bits per heavy atom. The molecule has 0 aliphatic rings. The van der Waals surface area contributed by atoms with Gasteiger partial charge in [0, 0.05) is 4.47 Å². The molecule has 12 heteroatoms. The molecule has 0 fully saturated rings. The van der Waals surface area contributed by atoms with Gasteiger partial charge < -0.3 is 8.83 Å². The minimum Gasteiger partial charge on any atom is -0.463 e. The molecular formula is C22H11BrN4O6S. The molecule has 0 aliphatic heterocycles. The Hall–Kier alpha value is -4.16. The van der Waals surface area contributed by atoms with Crippen LogP contribution < -0.4 is 10.4 Å². The number of nitrogens with zero attached hydrogens (tertiary/aromatic N) is 4. The quantitative estimate of drug-likeness (QED) is 0.167. The first-order chi connectivity index (χ1) is 16.4. The average molecular weight is 539 g/mol. The summed E-state index contributed by atoms with van der Waals surface area (Å²) in [5, 5.41) is 16.6. The predicted molar refractivity (Wildman–Crippen MR) is 130 cm³/mol. The van der Waals surface area contributed by atoms with Gasteiger partial charge in [0.15, 0.2) is 0 Å². The Kier molecular flexibility index (Phi) is 5.51. The number of fused-ring (bicyclic) bond motifs is 2. The van der Waals surface area contributed by atoms with Gasteiger partial charge in [0.1, 0.15) is 16.8 Å². The van der Waals surface area contributed by atoms with E-state index in [-0.39, 0.29) is 21.9 Å². The third kappa shape index (κ3) is 4.00. The number of benzene rings is 2. The van der Waals surface area contributed by atoms with Crippen LogP contribution in [0.25, 0.3) is 21.2 Å². The molecule has 2 aromatic carbocycles. The smallest absolute Gasteiger partial charge is 0.433 e. The molecule has 10 nitrogen and oxygen atoms in total. The van der Waals surface area contributed by atoms with E-state index in [1.54, 1.807) is 36.4 Å². The number of hydrogen-bond acceptors (Lipinski definition) is 9. The summed E-state index contributed by atoms with van der Waals surface area (Å²) in [5.41, 5.74) is 0.801. The first-order valence-electron chi connectivity index (χ1n) is 9.60. The fraction of sp³-hybridized carbons (Fsp3) is 0. The van der Waals surface area contributed by atoms with Gasteiger partial charge in [0.25, 0.3) is 0 Å². The summed E-state index contributed by atoms with van der Waals surface area (Å²) in [6.07, 6.45) is 2.42. The van der Waals surface area contributed by atoms with E-state index in [4.69, 9.17) is 8.83 Å². The van der Waals surface area contributed by atoms with Crippen molar-refractivity contribution in [1.82, 2.24) is 4.98 Å². The predicted octanol–water partition coefficient (Wildman–Crippen LogP) is 5.35. The lowest BCUT2D eigenvalue weighted by molar-refractivity contribution is -0.402. The minimum atomic E-state index is -0.798. The van der Waals surface area contributed by atoms with Crippen LogP contribution in [0.5, 0.6) is 0 Å². The second kappa shape index (κ2) is 8.65. The highest BCUT2D eigenvalue weighted by molar-refractivity contribution is 9.10. The summed E-state index contributed by atoms with van der Waals surface area (Å²) in [4.78, 5) is 40.7. The first-order valence-corrected chi connectivity index (χ1v) is 11.2. The fourth-order valence-electron chi connectivity index (χ4n) is 3.11. The molecule has 3 aromatic heterocycles. The van der Waals surface area contributed by atoms with E-state index in [0.29, 0.717) is 16.5 Å². The summed E-state index contributed by atoms with van der Waals surface area (Å²) in [5.74, 6) is -1.70. The highest BCUT2D eigenvalue weighted by Crippen LogP contribution is 2.32. The maximum Gasteiger partial charge on any atom is 0.433 e. The lowest BCUT2D eigenvalue weighted by Gasteiger charge is -2.11. The second-order valence-corrected chi connectivity index (χ2v) is 8.81. The summed E-state index contributed by atoms with van der Waals surface area (Å²) >= 11 is 4.57. The van der Waals surface area contributed by atoms with Crippen LogP contribution in [-0.4, -0.2) is 22.0 Å². The lowest BCUT2D eigenvalue weighted by Crippen LogP contribution is -2.25. The zero-order chi connectivity index (χ0) is 23.8. The van der Waals surface area contributed by atoms with Gasteiger partial charge in [-0.2, -0.15) is 10.1 Å². The molecule has 0 saturated heterocycles. The van der Waals surface area contributed by atoms with Crippen molar-refractivity contribution >= 4 is 71.6 Å². The van der Waals surface area contributed by atoms with Crippen molar-refractivity contribution in [1.29, 1.82) is 0 Å². The van der Waals surface area contributed by atoms with Crippen molar-refractivity contribution in [3.05, 3.63) is 97.0 Å². The van der Waals surface area contributed by atoms with E-state index in [9.17, 15) is 19.7 Å². The van der Waals surface area contributed by atoms with Crippen molar-refractivity contribution < 1.29 is 18.6 Å². The van der Waals surface area contributed by atoms with Crippen LogP contribution in [0.3, 0.4) is 0 Å². The Morgan fingerprint density at radius 2 is 2.03 bits per heavy atom. The maximum atomic E-state index is 13.2. The summed E-state index contributed by atoms with van der Waals surface area (Å²) in [7, 11) is 0. The van der Waals surface area contributed by atoms with Gasteiger partial charge in [-0.05, 0) is 36.4 Å². The number of nitro groups is 1. The zero-order valence-electron chi connectivity index (χ0n) is 16.9. The van der Waals surface area contributed by atoms with Crippen LogP contribution in [0.1, 0.15) is 16.1 Å². The number of para-hydroxylation sites is 1. The van der Waals surface area contributed by atoms with Crippen LogP contribution >= 0.6 is 27.3 Å². The van der Waals surface area contributed by atoms with Gasteiger partial charge in [-0.3, -0.25) is 19.7 Å². The topological polar surface area (TPSA) is 132 Å². The van der Waals surface area contributed by atoms with E-state index in [0.717, 1.165) is 20.2 Å². The third-order valence-corrected chi connectivity index (χ3v) is 6.20. The Labute approximate surface area is 202 Å². The zero-order valence-corrected chi connectivity index (χ0v) is 19.3. The van der Waals surface area contributed by atoms with Gasteiger partial charge in [0.2, 0.25) is 16.3 Å². The van der Waals surface area contributed by atoms with Crippen molar-refractivity contribution in [3.63, 3.8) is 0 Å². The average Bonchev–Trinajstić information content (AvgIpc) is 3.48. The van der Waals surface area contributed by atoms with E-state index in [2.05, 4.69) is 26.0 Å². The summed E-state index contributed by atoms with van der Waals surface area (Å²) in [6.45, 7) is 0. The standard InChI is InChI=1S/C22H11BrN4O6S/c23-13-5-6-15-18(9-13)34-22(25-15)26(21(29)17-7-8-19(33-17)27(30)31)24-10-12-11-32-16-4-2-1-3-14(16)20(12)28/h1-11H/b24-10+. The summed E-state index contributed by atoms with van der Waals surface area (Å²) in [6, 6.07) is 14.4. The third-order valence-electron chi connectivity index (χ3n) is 4.71. The lowest BCUT2D eigenvalue weighted by atomic mass is 10.2. The highest BCUT2D eigenvalue weighted by atomic mass is 79.9. The van der Waals surface area contributed by atoms with E-state index >= 15 is 0 Å². The van der Waals surface area contributed by atoms with Crippen molar-refractivity contribution in [3.8, 4) is 0 Å². The number of halogens is 1. The van der Waals surface area contributed by atoms with Crippen LogP contribution in [0.15, 0.2) is 84.1 Å². The number of carbonyl (C=O) groups excluding carboxylic acids is 1. The molecule has 0 radical (unpaired) electrons. The SMILES string of the molecule is O=C(c1ccc([N+](=O)[O-])o1)N(/N=C/c1coc2ccccc2c1=O)c1nc2ccc(Br)cc2s1. The molecule has 0 N–H and O–H groups in total. The number of amides is 1. The van der Waals surface area contributed by atoms with E-state index < -0.39 is 16.7 Å². The molecule has 1 amide bonds. The highest BCUT2D eigenvalue weighted by Gasteiger charge is 2.26. The number of anilines is 1. The molecular weight excluding hydrogens is 528 g/mol. The minimum absolute atomic E-state index is 0.103. The largest absolute Gasteiger partial charge is 0.463 e. The molecule has 5 rings (SSSR count). The van der Waals surface area contributed by atoms with Crippen LogP contribution in [0.4, 0.5) is 11.0 Å². The van der Waals surface area contributed by atoms with Gasteiger partial charge in [-0.15, -0.1) is 0 Å². The molecule has 0 bridgehead atoms. The Bertz CT molecular complexity index is 1670. The molecule has 34 heavy (non-hydrogen) atoms. The molecule has 3 heterocycles. The molecule has 0 unspecified atom stereocenters. The fourth-order valence-corrected chi connectivity index (χ4v) is 4.59. The van der Waals surface area contributed by atoms with Gasteiger partial charge in [-0.25, -0.2) is 4.98 Å². The van der Waals surface area contributed by atoms with E-state index in [1.165, 1.54) is 29.9 Å². The Balaban J connectivity index is 1.59. The first kappa shape index (κ1) is 21.7. The van der Waals surface area contributed by atoms with Gasteiger partial charge in [0.05, 0.1) is 33.4 Å². The molecule has 0 spiro atoms. The van der Waals surface area contributed by atoms with Crippen LogP contribution in [-0.2, 0) is 0 Å². The second-order valence-electron chi connectivity index (χ2n) is 6.88. The number of rotatable bonds is 5. The van der Waals surface area contributed by atoms with Gasteiger partial charge >= 0.3 is 11.8 Å². The van der Waals surface area contributed by atoms with Crippen molar-refractivity contribution in [2.24, 2.45) is 5.10 Å². The molecule has 0 aliphatic carbocycles. The Morgan fingerprint density at radius 3 is 2.82 bits per heavy atom. The number of carbonyl (C=O) groups is 1. The van der Waals surface area contributed by atoms with E-state index in [1.807, 2.05) is 6.07 Å². The summed E-state index contributed by atoms with van der Waals surface area (Å²) < 4.78 is 12.1. The van der Waals surface area contributed by atoms with Crippen molar-refractivity contribution in [2.45, 2.75) is 0 Å². The number of furan rings is 1. The van der Waals surface area contributed by atoms with Crippen molar-refractivity contribution in [2.75, 3.05) is 5.01 Å².